The summed E-state index contributed by atoms with van der Waals surface area (Å²) >= 11 is 5.76. The summed E-state index contributed by atoms with van der Waals surface area (Å²) in [6, 6.07) is 2.53. The van der Waals surface area contributed by atoms with Gasteiger partial charge in [0.15, 0.2) is 0 Å². The van der Waals surface area contributed by atoms with Gasteiger partial charge in [-0.1, -0.05) is 11.6 Å². The standard InChI is InChI=1S/C11H12ClFN2O3/c12-7-2-1-6(13)5-9(7)15-11(18)8(14)3-4-10(16)17/h1-2,5,8H,3-4,14H2,(H,15,18)(H,16,17). The van der Waals surface area contributed by atoms with Crippen molar-refractivity contribution in [1.82, 2.24) is 0 Å². The fourth-order valence-corrected chi connectivity index (χ4v) is 1.39. The van der Waals surface area contributed by atoms with Crippen molar-refractivity contribution in [3.8, 4) is 0 Å². The normalized spacial score (nSPS) is 11.9. The molecule has 4 N–H and O–H groups in total. The Morgan fingerprint density at radius 1 is 1.50 bits per heavy atom. The summed E-state index contributed by atoms with van der Waals surface area (Å²) in [5, 5.41) is 11.0. The average molecular weight is 275 g/mol. The highest BCUT2D eigenvalue weighted by molar-refractivity contribution is 6.33. The quantitative estimate of drug-likeness (QED) is 0.760. The van der Waals surface area contributed by atoms with Crippen molar-refractivity contribution in [2.45, 2.75) is 18.9 Å². The van der Waals surface area contributed by atoms with Crippen LogP contribution in [0.2, 0.25) is 5.02 Å². The third-order valence-corrected chi connectivity index (χ3v) is 2.52. The first kappa shape index (κ1) is 14.4. The van der Waals surface area contributed by atoms with E-state index in [1.807, 2.05) is 0 Å². The monoisotopic (exact) mass is 274 g/mol. The Bertz CT molecular complexity index is 468. The van der Waals surface area contributed by atoms with Gasteiger partial charge in [-0.15, -0.1) is 0 Å². The average Bonchev–Trinajstić information content (AvgIpc) is 2.30. The van der Waals surface area contributed by atoms with Crippen LogP contribution in [0.25, 0.3) is 0 Å². The molecular formula is C11H12ClFN2O3. The Balaban J connectivity index is 2.63. The van der Waals surface area contributed by atoms with Crippen molar-refractivity contribution in [3.05, 3.63) is 29.0 Å². The molecule has 0 spiro atoms. The maximum atomic E-state index is 12.9. The molecule has 0 aromatic heterocycles. The van der Waals surface area contributed by atoms with Gasteiger partial charge >= 0.3 is 5.97 Å². The van der Waals surface area contributed by atoms with Gasteiger partial charge in [0.25, 0.3) is 0 Å². The Morgan fingerprint density at radius 3 is 2.78 bits per heavy atom. The van der Waals surface area contributed by atoms with E-state index in [-0.39, 0.29) is 23.6 Å². The number of rotatable bonds is 5. The minimum Gasteiger partial charge on any atom is -0.481 e. The van der Waals surface area contributed by atoms with Crippen LogP contribution in [0.5, 0.6) is 0 Å². The Labute approximate surface area is 108 Å². The van der Waals surface area contributed by atoms with Gasteiger partial charge in [0, 0.05) is 6.42 Å². The summed E-state index contributed by atoms with van der Waals surface area (Å²) in [4.78, 5) is 21.9. The van der Waals surface area contributed by atoms with Crippen LogP contribution in [-0.4, -0.2) is 23.0 Å². The number of nitrogens with one attached hydrogen (secondary N) is 1. The topological polar surface area (TPSA) is 92.4 Å². The Kier molecular flexibility index (Phi) is 5.06. The molecular weight excluding hydrogens is 263 g/mol. The zero-order valence-corrected chi connectivity index (χ0v) is 10.1. The molecule has 1 aromatic rings. The maximum Gasteiger partial charge on any atom is 0.303 e. The second kappa shape index (κ2) is 6.32. The molecule has 0 saturated carbocycles. The van der Waals surface area contributed by atoms with Gasteiger partial charge in [-0.2, -0.15) is 0 Å². The van der Waals surface area contributed by atoms with Crippen LogP contribution in [0.1, 0.15) is 12.8 Å². The molecule has 7 heteroatoms. The number of carboxylic acid groups (broad SMARTS) is 1. The summed E-state index contributed by atoms with van der Waals surface area (Å²) in [7, 11) is 0. The first-order valence-electron chi connectivity index (χ1n) is 5.13. The van der Waals surface area contributed by atoms with Gasteiger partial charge in [0.2, 0.25) is 5.91 Å². The third kappa shape index (κ3) is 4.31. The highest BCUT2D eigenvalue weighted by atomic mass is 35.5. The number of nitrogens with two attached hydrogens (primary N) is 1. The molecule has 0 aliphatic heterocycles. The van der Waals surface area contributed by atoms with E-state index >= 15 is 0 Å². The number of carbonyl (C=O) groups is 2. The minimum absolute atomic E-state index is 0.00585. The highest BCUT2D eigenvalue weighted by Gasteiger charge is 2.16. The van der Waals surface area contributed by atoms with Crippen LogP contribution in [0.15, 0.2) is 18.2 Å². The van der Waals surface area contributed by atoms with E-state index in [1.54, 1.807) is 0 Å². The first-order chi connectivity index (χ1) is 8.40. The lowest BCUT2D eigenvalue weighted by Crippen LogP contribution is -2.36. The molecule has 0 heterocycles. The lowest BCUT2D eigenvalue weighted by atomic mass is 10.1. The first-order valence-corrected chi connectivity index (χ1v) is 5.51. The van der Waals surface area contributed by atoms with Crippen molar-refractivity contribution in [2.24, 2.45) is 5.73 Å². The molecule has 1 unspecified atom stereocenters. The summed E-state index contributed by atoms with van der Waals surface area (Å²) in [6.07, 6.45) is -0.223. The van der Waals surface area contributed by atoms with Gasteiger partial charge in [0.05, 0.1) is 16.8 Å². The molecule has 98 valence electrons. The largest absolute Gasteiger partial charge is 0.481 e. The number of amides is 1. The van der Waals surface area contributed by atoms with Crippen LogP contribution >= 0.6 is 11.6 Å². The van der Waals surface area contributed by atoms with E-state index < -0.39 is 23.7 Å². The van der Waals surface area contributed by atoms with E-state index in [1.165, 1.54) is 6.07 Å². The zero-order chi connectivity index (χ0) is 13.7. The van der Waals surface area contributed by atoms with E-state index in [4.69, 9.17) is 22.4 Å². The smallest absolute Gasteiger partial charge is 0.303 e. The Hall–Kier alpha value is -1.66. The van der Waals surface area contributed by atoms with E-state index in [2.05, 4.69) is 5.32 Å². The lowest BCUT2D eigenvalue weighted by Gasteiger charge is -2.12. The molecule has 0 radical (unpaired) electrons. The molecule has 0 saturated heterocycles. The van der Waals surface area contributed by atoms with E-state index in [0.717, 1.165) is 12.1 Å². The molecule has 1 amide bonds. The highest BCUT2D eigenvalue weighted by Crippen LogP contribution is 2.22. The van der Waals surface area contributed by atoms with Gasteiger partial charge in [0.1, 0.15) is 5.82 Å². The zero-order valence-electron chi connectivity index (χ0n) is 9.32. The van der Waals surface area contributed by atoms with Gasteiger partial charge in [-0.3, -0.25) is 9.59 Å². The summed E-state index contributed by atoms with van der Waals surface area (Å²) in [5.41, 5.74) is 5.59. The number of halogens is 2. The van der Waals surface area contributed by atoms with Crippen molar-refractivity contribution in [2.75, 3.05) is 5.32 Å². The molecule has 1 atom stereocenters. The lowest BCUT2D eigenvalue weighted by molar-refractivity contribution is -0.137. The number of hydrogen-bond donors (Lipinski definition) is 3. The molecule has 0 bridgehead atoms. The van der Waals surface area contributed by atoms with Gasteiger partial charge in [-0.25, -0.2) is 4.39 Å². The van der Waals surface area contributed by atoms with E-state index in [9.17, 15) is 14.0 Å². The number of anilines is 1. The predicted molar refractivity (Wildman–Crippen MR) is 64.9 cm³/mol. The summed E-state index contributed by atoms with van der Waals surface area (Å²) in [5.74, 6) is -2.19. The summed E-state index contributed by atoms with van der Waals surface area (Å²) in [6.45, 7) is 0. The molecule has 0 fully saturated rings. The number of carbonyl (C=O) groups excluding carboxylic acids is 1. The number of aliphatic carboxylic acids is 1. The maximum absolute atomic E-state index is 12.9. The second-order valence-corrected chi connectivity index (χ2v) is 4.06. The molecule has 1 aromatic carbocycles. The van der Waals surface area contributed by atoms with Crippen molar-refractivity contribution < 1.29 is 19.1 Å². The molecule has 5 nitrogen and oxygen atoms in total. The van der Waals surface area contributed by atoms with Crippen LogP contribution < -0.4 is 11.1 Å². The number of benzene rings is 1. The summed E-state index contributed by atoms with van der Waals surface area (Å²) < 4.78 is 12.9. The molecule has 0 aliphatic carbocycles. The molecule has 18 heavy (non-hydrogen) atoms. The third-order valence-electron chi connectivity index (χ3n) is 2.19. The van der Waals surface area contributed by atoms with E-state index in [0.29, 0.717) is 0 Å². The second-order valence-electron chi connectivity index (χ2n) is 3.65. The van der Waals surface area contributed by atoms with Gasteiger partial charge in [-0.05, 0) is 24.6 Å². The predicted octanol–water partition coefficient (Wildman–Crippen LogP) is 1.61. The SMILES string of the molecule is NC(CCC(=O)O)C(=O)Nc1cc(F)ccc1Cl. The van der Waals surface area contributed by atoms with Crippen LogP contribution in [0, 0.1) is 5.82 Å². The Morgan fingerprint density at radius 2 is 2.17 bits per heavy atom. The molecule has 1 rings (SSSR count). The van der Waals surface area contributed by atoms with Crippen LogP contribution in [0.4, 0.5) is 10.1 Å². The fraction of sp³-hybridized carbons (Fsp3) is 0.273. The van der Waals surface area contributed by atoms with Crippen LogP contribution in [-0.2, 0) is 9.59 Å². The molecule has 0 aliphatic rings. The van der Waals surface area contributed by atoms with Gasteiger partial charge < -0.3 is 16.2 Å². The van der Waals surface area contributed by atoms with Crippen molar-refractivity contribution in [3.63, 3.8) is 0 Å². The van der Waals surface area contributed by atoms with Crippen LogP contribution in [0.3, 0.4) is 0 Å². The van der Waals surface area contributed by atoms with Crippen molar-refractivity contribution >= 4 is 29.2 Å². The fourth-order valence-electron chi connectivity index (χ4n) is 1.23. The number of carboxylic acids is 1. The van der Waals surface area contributed by atoms with Crippen molar-refractivity contribution in [1.29, 1.82) is 0 Å². The number of hydrogen-bond acceptors (Lipinski definition) is 3. The minimum atomic E-state index is -1.04.